The largest absolute Gasteiger partial charge is 0.444 e. The number of rotatable bonds is 3. The second kappa shape index (κ2) is 7.09. The molecule has 1 saturated heterocycles. The van der Waals surface area contributed by atoms with Crippen molar-refractivity contribution in [3.63, 3.8) is 0 Å². The standard InChI is InChI=1S/C17H34N2O3S/c1-13(18-23(21)16(5,6)7)17(8)9-11-19(12-10-17)14(20)22-15(2,3)4/h13,18H,9-12H2,1-8H3/t13-,23?/m0/s1. The average molecular weight is 347 g/mol. The van der Waals surface area contributed by atoms with Crippen LogP contribution in [-0.2, 0) is 15.7 Å². The minimum atomic E-state index is -1.08. The molecule has 0 aromatic carbocycles. The molecule has 1 rings (SSSR count). The van der Waals surface area contributed by atoms with Crippen LogP contribution in [0.4, 0.5) is 4.79 Å². The van der Waals surface area contributed by atoms with Gasteiger partial charge >= 0.3 is 6.09 Å². The van der Waals surface area contributed by atoms with Crippen LogP contribution in [0.15, 0.2) is 0 Å². The molecule has 0 aromatic heterocycles. The number of piperidine rings is 1. The first-order valence-corrected chi connectivity index (χ1v) is 9.55. The highest BCUT2D eigenvalue weighted by atomic mass is 32.2. The van der Waals surface area contributed by atoms with E-state index in [9.17, 15) is 9.00 Å². The van der Waals surface area contributed by atoms with Crippen molar-refractivity contribution in [3.8, 4) is 0 Å². The molecule has 0 radical (unpaired) electrons. The van der Waals surface area contributed by atoms with E-state index in [-0.39, 0.29) is 22.3 Å². The van der Waals surface area contributed by atoms with Gasteiger partial charge in [0.2, 0.25) is 0 Å². The smallest absolute Gasteiger partial charge is 0.410 e. The molecule has 1 heterocycles. The quantitative estimate of drug-likeness (QED) is 0.851. The third-order valence-electron chi connectivity index (χ3n) is 4.44. The summed E-state index contributed by atoms with van der Waals surface area (Å²) >= 11 is 0. The maximum absolute atomic E-state index is 12.3. The van der Waals surface area contributed by atoms with Gasteiger partial charge in [-0.15, -0.1) is 0 Å². The zero-order chi connectivity index (χ0) is 18.1. The number of likely N-dealkylation sites (tertiary alicyclic amines) is 1. The molecular formula is C17H34N2O3S. The van der Waals surface area contributed by atoms with Crippen LogP contribution in [0.1, 0.15) is 68.2 Å². The fourth-order valence-corrected chi connectivity index (χ4v) is 3.40. The summed E-state index contributed by atoms with van der Waals surface area (Å²) in [6, 6.07) is 0.128. The summed E-state index contributed by atoms with van der Waals surface area (Å²) in [6.07, 6.45) is 1.52. The molecule has 1 unspecified atom stereocenters. The molecule has 1 aliphatic heterocycles. The van der Waals surface area contributed by atoms with Crippen molar-refractivity contribution in [2.75, 3.05) is 13.1 Å². The SMILES string of the molecule is C[C@H](NS(=O)C(C)(C)C)C1(C)CCN(C(=O)OC(C)(C)C)CC1. The Morgan fingerprint density at radius 2 is 1.65 bits per heavy atom. The minimum Gasteiger partial charge on any atom is -0.444 e. The summed E-state index contributed by atoms with van der Waals surface area (Å²) in [5.74, 6) is 0. The van der Waals surface area contributed by atoms with Crippen molar-refractivity contribution >= 4 is 17.1 Å². The number of carbonyl (C=O) groups excluding carboxylic acids is 1. The van der Waals surface area contributed by atoms with Crippen LogP contribution in [0.5, 0.6) is 0 Å². The Morgan fingerprint density at radius 3 is 2.04 bits per heavy atom. The fraction of sp³-hybridized carbons (Fsp3) is 0.941. The first kappa shape index (κ1) is 20.4. The molecule has 1 amide bonds. The first-order valence-electron chi connectivity index (χ1n) is 8.41. The van der Waals surface area contributed by atoms with Gasteiger partial charge in [-0.25, -0.2) is 13.7 Å². The summed E-state index contributed by atoms with van der Waals surface area (Å²) in [7, 11) is -1.08. The van der Waals surface area contributed by atoms with Crippen molar-refractivity contribution in [2.45, 2.75) is 84.6 Å². The van der Waals surface area contributed by atoms with Crippen molar-refractivity contribution in [1.82, 2.24) is 9.62 Å². The summed E-state index contributed by atoms with van der Waals surface area (Å²) in [5.41, 5.74) is -0.435. The van der Waals surface area contributed by atoms with E-state index in [1.807, 2.05) is 41.5 Å². The van der Waals surface area contributed by atoms with Crippen LogP contribution in [0.2, 0.25) is 0 Å². The molecule has 0 bridgehead atoms. The Kier molecular flexibility index (Phi) is 6.30. The number of ether oxygens (including phenoxy) is 1. The molecule has 1 N–H and O–H groups in total. The molecule has 6 heteroatoms. The Hall–Kier alpha value is -0.620. The normalized spacial score (nSPS) is 21.7. The molecule has 136 valence electrons. The molecule has 0 saturated carbocycles. The van der Waals surface area contributed by atoms with E-state index in [0.29, 0.717) is 13.1 Å². The van der Waals surface area contributed by atoms with E-state index in [1.165, 1.54) is 0 Å². The Bertz CT molecular complexity index is 444. The highest BCUT2D eigenvalue weighted by Crippen LogP contribution is 2.35. The third-order valence-corrected chi connectivity index (χ3v) is 6.12. The van der Waals surface area contributed by atoms with Crippen LogP contribution in [0.25, 0.3) is 0 Å². The number of carbonyl (C=O) groups is 1. The molecule has 5 nitrogen and oxygen atoms in total. The van der Waals surface area contributed by atoms with E-state index < -0.39 is 16.6 Å². The monoisotopic (exact) mass is 346 g/mol. The van der Waals surface area contributed by atoms with Gasteiger partial charge in [-0.1, -0.05) is 6.92 Å². The Labute approximate surface area is 144 Å². The highest BCUT2D eigenvalue weighted by molar-refractivity contribution is 7.84. The van der Waals surface area contributed by atoms with Gasteiger partial charge in [-0.05, 0) is 66.7 Å². The number of hydrogen-bond acceptors (Lipinski definition) is 3. The second-order valence-electron chi connectivity index (χ2n) is 8.84. The predicted octanol–water partition coefficient (Wildman–Crippen LogP) is 3.46. The van der Waals surface area contributed by atoms with Gasteiger partial charge in [0.25, 0.3) is 0 Å². The van der Waals surface area contributed by atoms with Crippen molar-refractivity contribution < 1.29 is 13.7 Å². The molecular weight excluding hydrogens is 312 g/mol. The summed E-state index contributed by atoms with van der Waals surface area (Å²) in [4.78, 5) is 13.9. The lowest BCUT2D eigenvalue weighted by Gasteiger charge is -2.43. The van der Waals surface area contributed by atoms with Gasteiger partial charge in [0, 0.05) is 19.1 Å². The maximum Gasteiger partial charge on any atom is 0.410 e. The summed E-state index contributed by atoms with van der Waals surface area (Å²) in [6.45, 7) is 17.2. The van der Waals surface area contributed by atoms with Gasteiger partial charge in [-0.2, -0.15) is 0 Å². The molecule has 0 aromatic rings. The topological polar surface area (TPSA) is 58.6 Å². The maximum atomic E-state index is 12.3. The predicted molar refractivity (Wildman–Crippen MR) is 95.6 cm³/mol. The van der Waals surface area contributed by atoms with Gasteiger partial charge < -0.3 is 9.64 Å². The van der Waals surface area contributed by atoms with Crippen molar-refractivity contribution in [3.05, 3.63) is 0 Å². The van der Waals surface area contributed by atoms with Gasteiger partial charge in [0.1, 0.15) is 5.60 Å². The zero-order valence-electron chi connectivity index (χ0n) is 16.0. The van der Waals surface area contributed by atoms with Crippen molar-refractivity contribution in [1.29, 1.82) is 0 Å². The van der Waals surface area contributed by atoms with Crippen LogP contribution in [-0.4, -0.2) is 44.7 Å². The second-order valence-corrected chi connectivity index (χ2v) is 10.8. The van der Waals surface area contributed by atoms with E-state index >= 15 is 0 Å². The lowest BCUT2D eigenvalue weighted by molar-refractivity contribution is 0.00906. The lowest BCUT2D eigenvalue weighted by atomic mass is 9.75. The summed E-state index contributed by atoms with van der Waals surface area (Å²) < 4.78 is 20.7. The van der Waals surface area contributed by atoms with Crippen LogP contribution in [0.3, 0.4) is 0 Å². The third kappa shape index (κ3) is 6.07. The van der Waals surface area contributed by atoms with Gasteiger partial charge in [0.05, 0.1) is 15.7 Å². The van der Waals surface area contributed by atoms with E-state index in [2.05, 4.69) is 18.6 Å². The average Bonchev–Trinajstić information content (AvgIpc) is 2.36. The lowest BCUT2D eigenvalue weighted by Crippen LogP contribution is -2.52. The van der Waals surface area contributed by atoms with Crippen LogP contribution < -0.4 is 4.72 Å². The Morgan fingerprint density at radius 1 is 1.17 bits per heavy atom. The Balaban J connectivity index is 2.59. The minimum absolute atomic E-state index is 0.0272. The highest BCUT2D eigenvalue weighted by Gasteiger charge is 2.38. The molecule has 0 aliphatic carbocycles. The number of amides is 1. The van der Waals surface area contributed by atoms with Crippen LogP contribution in [0, 0.1) is 5.41 Å². The number of hydrogen-bond donors (Lipinski definition) is 1. The van der Waals surface area contributed by atoms with E-state index in [1.54, 1.807) is 4.90 Å². The van der Waals surface area contributed by atoms with E-state index in [4.69, 9.17) is 4.74 Å². The molecule has 1 fully saturated rings. The van der Waals surface area contributed by atoms with Gasteiger partial charge in [-0.3, -0.25) is 0 Å². The first-order chi connectivity index (χ1) is 10.2. The molecule has 2 atom stereocenters. The molecule has 0 spiro atoms. The molecule has 23 heavy (non-hydrogen) atoms. The number of nitrogens with zero attached hydrogens (tertiary/aromatic N) is 1. The van der Waals surface area contributed by atoms with Crippen molar-refractivity contribution in [2.24, 2.45) is 5.41 Å². The summed E-state index contributed by atoms with van der Waals surface area (Å²) in [5, 5.41) is 0. The number of nitrogens with one attached hydrogen (secondary N) is 1. The van der Waals surface area contributed by atoms with Crippen LogP contribution >= 0.6 is 0 Å². The van der Waals surface area contributed by atoms with Gasteiger partial charge in [0.15, 0.2) is 0 Å². The fourth-order valence-electron chi connectivity index (χ4n) is 2.44. The van der Waals surface area contributed by atoms with E-state index in [0.717, 1.165) is 12.8 Å². The zero-order valence-corrected chi connectivity index (χ0v) is 16.8. The molecule has 1 aliphatic rings.